The Morgan fingerprint density at radius 2 is 2.00 bits per heavy atom. The van der Waals surface area contributed by atoms with Crippen molar-refractivity contribution in [3.8, 4) is 5.75 Å². The SMILES string of the molecule is CCNC(=O)C(C)Nc1ccccc1OC(F)(F)F. The molecule has 0 aromatic heterocycles. The van der Waals surface area contributed by atoms with Crippen molar-refractivity contribution in [1.82, 2.24) is 5.32 Å². The van der Waals surface area contributed by atoms with Crippen molar-refractivity contribution in [1.29, 1.82) is 0 Å². The number of hydrogen-bond acceptors (Lipinski definition) is 3. The van der Waals surface area contributed by atoms with Crippen molar-refractivity contribution >= 4 is 11.6 Å². The van der Waals surface area contributed by atoms with Gasteiger partial charge in [0.25, 0.3) is 0 Å². The van der Waals surface area contributed by atoms with Gasteiger partial charge >= 0.3 is 6.36 Å². The van der Waals surface area contributed by atoms with Crippen molar-refractivity contribution in [2.45, 2.75) is 26.3 Å². The Morgan fingerprint density at radius 1 is 1.37 bits per heavy atom. The highest BCUT2D eigenvalue weighted by atomic mass is 19.4. The van der Waals surface area contributed by atoms with Crippen molar-refractivity contribution in [3.63, 3.8) is 0 Å². The van der Waals surface area contributed by atoms with E-state index in [1.165, 1.54) is 18.2 Å². The molecular formula is C12H15F3N2O2. The van der Waals surface area contributed by atoms with E-state index in [1.54, 1.807) is 19.9 Å². The highest BCUT2D eigenvalue weighted by Gasteiger charge is 2.32. The van der Waals surface area contributed by atoms with Crippen LogP contribution >= 0.6 is 0 Å². The normalized spacial score (nSPS) is 12.7. The number of benzene rings is 1. The molecule has 0 heterocycles. The second-order valence-corrected chi connectivity index (χ2v) is 3.80. The molecule has 1 unspecified atom stereocenters. The lowest BCUT2D eigenvalue weighted by atomic mass is 10.2. The van der Waals surface area contributed by atoms with Crippen LogP contribution < -0.4 is 15.4 Å². The van der Waals surface area contributed by atoms with E-state index in [0.29, 0.717) is 6.54 Å². The van der Waals surface area contributed by atoms with E-state index in [-0.39, 0.29) is 17.3 Å². The monoisotopic (exact) mass is 276 g/mol. The molecule has 0 saturated heterocycles. The summed E-state index contributed by atoms with van der Waals surface area (Å²) >= 11 is 0. The fraction of sp³-hybridized carbons (Fsp3) is 0.417. The Balaban J connectivity index is 2.80. The number of para-hydroxylation sites is 2. The fourth-order valence-corrected chi connectivity index (χ4v) is 1.43. The van der Waals surface area contributed by atoms with Crippen molar-refractivity contribution in [2.24, 2.45) is 0 Å². The number of likely N-dealkylation sites (N-methyl/N-ethyl adjacent to an activating group) is 1. The lowest BCUT2D eigenvalue weighted by Gasteiger charge is -2.18. The predicted molar refractivity (Wildman–Crippen MR) is 64.9 cm³/mol. The smallest absolute Gasteiger partial charge is 0.404 e. The van der Waals surface area contributed by atoms with Gasteiger partial charge in [0.15, 0.2) is 5.75 Å². The third kappa shape index (κ3) is 5.07. The zero-order valence-corrected chi connectivity index (χ0v) is 10.5. The number of anilines is 1. The van der Waals surface area contributed by atoms with E-state index in [1.807, 2.05) is 0 Å². The standard InChI is InChI=1S/C12H15F3N2O2/c1-3-16-11(18)8(2)17-9-6-4-5-7-10(9)19-12(13,14)15/h4-8,17H,3H2,1-2H3,(H,16,18). The molecule has 0 spiro atoms. The van der Waals surface area contributed by atoms with Gasteiger partial charge in [0.1, 0.15) is 6.04 Å². The minimum absolute atomic E-state index is 0.110. The second kappa shape index (κ2) is 6.31. The Morgan fingerprint density at radius 3 is 2.58 bits per heavy atom. The maximum Gasteiger partial charge on any atom is 0.573 e. The first kappa shape index (κ1) is 15.1. The molecule has 0 radical (unpaired) electrons. The Kier molecular flexibility index (Phi) is 5.02. The quantitative estimate of drug-likeness (QED) is 0.869. The van der Waals surface area contributed by atoms with Gasteiger partial charge in [-0.25, -0.2) is 0 Å². The summed E-state index contributed by atoms with van der Waals surface area (Å²) in [6.07, 6.45) is -4.77. The summed E-state index contributed by atoms with van der Waals surface area (Å²) in [5.41, 5.74) is 0.110. The first-order valence-electron chi connectivity index (χ1n) is 5.72. The Hall–Kier alpha value is -1.92. The molecular weight excluding hydrogens is 261 g/mol. The molecule has 0 bridgehead atoms. The molecule has 106 valence electrons. The number of amides is 1. The zero-order valence-electron chi connectivity index (χ0n) is 10.5. The topological polar surface area (TPSA) is 50.4 Å². The summed E-state index contributed by atoms with van der Waals surface area (Å²) in [4.78, 5) is 11.5. The third-order valence-electron chi connectivity index (χ3n) is 2.23. The number of nitrogens with one attached hydrogen (secondary N) is 2. The van der Waals surface area contributed by atoms with Crippen LogP contribution in [0.5, 0.6) is 5.75 Å². The summed E-state index contributed by atoms with van der Waals surface area (Å²) in [7, 11) is 0. The Labute approximate surface area is 108 Å². The minimum atomic E-state index is -4.77. The van der Waals surface area contributed by atoms with Crippen LogP contribution in [0.4, 0.5) is 18.9 Å². The molecule has 1 amide bonds. The molecule has 1 atom stereocenters. The van der Waals surface area contributed by atoms with Gasteiger partial charge in [-0.3, -0.25) is 4.79 Å². The third-order valence-corrected chi connectivity index (χ3v) is 2.23. The lowest BCUT2D eigenvalue weighted by molar-refractivity contribution is -0.274. The predicted octanol–water partition coefficient (Wildman–Crippen LogP) is 2.52. The van der Waals surface area contributed by atoms with Crippen molar-refractivity contribution < 1.29 is 22.7 Å². The van der Waals surface area contributed by atoms with Crippen LogP contribution in [0.2, 0.25) is 0 Å². The molecule has 0 aliphatic rings. The van der Waals surface area contributed by atoms with E-state index in [4.69, 9.17) is 0 Å². The average molecular weight is 276 g/mol. The number of rotatable bonds is 5. The molecule has 7 heteroatoms. The highest BCUT2D eigenvalue weighted by Crippen LogP contribution is 2.30. The summed E-state index contributed by atoms with van der Waals surface area (Å²) in [6.45, 7) is 3.76. The van der Waals surface area contributed by atoms with E-state index >= 15 is 0 Å². The fourth-order valence-electron chi connectivity index (χ4n) is 1.43. The highest BCUT2D eigenvalue weighted by molar-refractivity contribution is 5.84. The molecule has 2 N–H and O–H groups in total. The molecule has 1 aromatic carbocycles. The number of halogens is 3. The second-order valence-electron chi connectivity index (χ2n) is 3.80. The van der Waals surface area contributed by atoms with Gasteiger partial charge < -0.3 is 15.4 Å². The summed E-state index contributed by atoms with van der Waals surface area (Å²) in [5.74, 6) is -0.671. The zero-order chi connectivity index (χ0) is 14.5. The molecule has 0 fully saturated rings. The van der Waals surface area contributed by atoms with Gasteiger partial charge in [-0.2, -0.15) is 0 Å². The molecule has 0 saturated carbocycles. The van der Waals surface area contributed by atoms with Gasteiger partial charge in [0.2, 0.25) is 5.91 Å². The van der Waals surface area contributed by atoms with Gasteiger partial charge in [-0.15, -0.1) is 13.2 Å². The number of ether oxygens (including phenoxy) is 1. The van der Waals surface area contributed by atoms with Crippen LogP contribution in [-0.2, 0) is 4.79 Å². The van der Waals surface area contributed by atoms with Crippen LogP contribution in [0.25, 0.3) is 0 Å². The van der Waals surface area contributed by atoms with Crippen molar-refractivity contribution in [3.05, 3.63) is 24.3 Å². The summed E-state index contributed by atoms with van der Waals surface area (Å²) in [5, 5.41) is 5.25. The van der Waals surface area contributed by atoms with Gasteiger partial charge in [0.05, 0.1) is 5.69 Å². The number of hydrogen-bond donors (Lipinski definition) is 2. The van der Waals surface area contributed by atoms with Crippen LogP contribution in [-0.4, -0.2) is 24.9 Å². The molecule has 0 aliphatic heterocycles. The van der Waals surface area contributed by atoms with Crippen LogP contribution in [0.15, 0.2) is 24.3 Å². The number of alkyl halides is 3. The van der Waals surface area contributed by atoms with Crippen molar-refractivity contribution in [2.75, 3.05) is 11.9 Å². The van der Waals surface area contributed by atoms with E-state index < -0.39 is 12.4 Å². The van der Waals surface area contributed by atoms with E-state index in [9.17, 15) is 18.0 Å². The summed E-state index contributed by atoms with van der Waals surface area (Å²) < 4.78 is 40.5. The Bertz CT molecular complexity index is 435. The summed E-state index contributed by atoms with van der Waals surface area (Å²) in [6, 6.07) is 4.90. The van der Waals surface area contributed by atoms with E-state index in [2.05, 4.69) is 15.4 Å². The van der Waals surface area contributed by atoms with Gasteiger partial charge in [-0.05, 0) is 26.0 Å². The largest absolute Gasteiger partial charge is 0.573 e. The minimum Gasteiger partial charge on any atom is -0.404 e. The van der Waals surface area contributed by atoms with Gasteiger partial charge in [-0.1, -0.05) is 12.1 Å². The lowest BCUT2D eigenvalue weighted by Crippen LogP contribution is -2.37. The maximum atomic E-state index is 12.2. The van der Waals surface area contributed by atoms with Crippen LogP contribution in [0.3, 0.4) is 0 Å². The first-order chi connectivity index (χ1) is 8.83. The van der Waals surface area contributed by atoms with Crippen LogP contribution in [0.1, 0.15) is 13.8 Å². The number of carbonyl (C=O) groups is 1. The number of carbonyl (C=O) groups excluding carboxylic acids is 1. The first-order valence-corrected chi connectivity index (χ1v) is 5.72. The molecule has 4 nitrogen and oxygen atoms in total. The molecule has 0 aliphatic carbocycles. The average Bonchev–Trinajstić information content (AvgIpc) is 2.30. The van der Waals surface area contributed by atoms with Crippen LogP contribution in [0, 0.1) is 0 Å². The molecule has 1 aromatic rings. The van der Waals surface area contributed by atoms with E-state index in [0.717, 1.165) is 0 Å². The maximum absolute atomic E-state index is 12.2. The van der Waals surface area contributed by atoms with Gasteiger partial charge in [0, 0.05) is 6.54 Å². The molecule has 19 heavy (non-hydrogen) atoms. The molecule has 1 rings (SSSR count).